The Hall–Kier alpha value is -2.69. The molecule has 5 heteroatoms. The lowest BCUT2D eigenvalue weighted by atomic mass is 10.1. The van der Waals surface area contributed by atoms with Crippen LogP contribution >= 0.6 is 0 Å². The molecule has 0 aliphatic heterocycles. The summed E-state index contributed by atoms with van der Waals surface area (Å²) in [5.74, 6) is -0.942. The number of rotatable bonds is 4. The van der Waals surface area contributed by atoms with Crippen LogP contribution in [0.15, 0.2) is 42.7 Å². The van der Waals surface area contributed by atoms with Crippen molar-refractivity contribution >= 4 is 17.6 Å². The monoisotopic (exact) mass is 298 g/mol. The number of pyridine rings is 1. The van der Waals surface area contributed by atoms with E-state index in [4.69, 9.17) is 4.74 Å². The first-order chi connectivity index (χ1) is 10.5. The Morgan fingerprint density at radius 1 is 1.23 bits per heavy atom. The third-order valence-corrected chi connectivity index (χ3v) is 3.20. The summed E-state index contributed by atoms with van der Waals surface area (Å²) in [4.78, 5) is 27.9. The van der Waals surface area contributed by atoms with E-state index in [2.05, 4.69) is 10.3 Å². The van der Waals surface area contributed by atoms with Gasteiger partial charge in [0.1, 0.15) is 0 Å². The lowest BCUT2D eigenvalue weighted by Crippen LogP contribution is -2.30. The molecule has 5 nitrogen and oxygen atoms in total. The van der Waals surface area contributed by atoms with E-state index < -0.39 is 12.1 Å². The summed E-state index contributed by atoms with van der Waals surface area (Å²) >= 11 is 0. The van der Waals surface area contributed by atoms with Gasteiger partial charge in [0.25, 0.3) is 5.91 Å². The van der Waals surface area contributed by atoms with Crippen molar-refractivity contribution in [2.45, 2.75) is 26.9 Å². The number of aryl methyl sites for hydroxylation is 2. The van der Waals surface area contributed by atoms with Crippen molar-refractivity contribution in [1.29, 1.82) is 0 Å². The topological polar surface area (TPSA) is 68.3 Å². The Kier molecular flexibility index (Phi) is 4.88. The van der Waals surface area contributed by atoms with Crippen LogP contribution in [0.3, 0.4) is 0 Å². The van der Waals surface area contributed by atoms with Gasteiger partial charge < -0.3 is 10.1 Å². The number of amides is 1. The van der Waals surface area contributed by atoms with Gasteiger partial charge in [0.15, 0.2) is 6.10 Å². The Morgan fingerprint density at radius 3 is 2.68 bits per heavy atom. The first-order valence-corrected chi connectivity index (χ1v) is 6.96. The van der Waals surface area contributed by atoms with E-state index in [1.54, 1.807) is 18.3 Å². The number of esters is 1. The van der Waals surface area contributed by atoms with Crippen LogP contribution in [0.2, 0.25) is 0 Å². The average molecular weight is 298 g/mol. The van der Waals surface area contributed by atoms with Crippen LogP contribution in [0.1, 0.15) is 28.4 Å². The average Bonchev–Trinajstić information content (AvgIpc) is 2.51. The molecule has 0 saturated carbocycles. The minimum absolute atomic E-state index is 0.314. The zero-order chi connectivity index (χ0) is 16.1. The molecule has 1 unspecified atom stereocenters. The molecule has 1 atom stereocenters. The van der Waals surface area contributed by atoms with Gasteiger partial charge in [-0.15, -0.1) is 0 Å². The van der Waals surface area contributed by atoms with Gasteiger partial charge in [-0.25, -0.2) is 4.79 Å². The van der Waals surface area contributed by atoms with E-state index in [0.717, 1.165) is 11.1 Å². The quantitative estimate of drug-likeness (QED) is 0.881. The minimum atomic E-state index is -0.896. The highest BCUT2D eigenvalue weighted by Gasteiger charge is 2.19. The van der Waals surface area contributed by atoms with Crippen molar-refractivity contribution in [1.82, 2.24) is 4.98 Å². The van der Waals surface area contributed by atoms with Crippen LogP contribution < -0.4 is 5.32 Å². The largest absolute Gasteiger partial charge is 0.449 e. The number of carbonyl (C=O) groups is 2. The molecule has 0 saturated heterocycles. The van der Waals surface area contributed by atoms with Gasteiger partial charge in [0.05, 0.1) is 5.56 Å². The Balaban J connectivity index is 2.00. The number of aromatic nitrogens is 1. The lowest BCUT2D eigenvalue weighted by Gasteiger charge is -2.15. The van der Waals surface area contributed by atoms with E-state index in [9.17, 15) is 9.59 Å². The number of hydrogen-bond acceptors (Lipinski definition) is 4. The summed E-state index contributed by atoms with van der Waals surface area (Å²) in [6, 6.07) is 9.00. The van der Waals surface area contributed by atoms with Crippen LogP contribution in [0, 0.1) is 13.8 Å². The zero-order valence-corrected chi connectivity index (χ0v) is 12.8. The number of nitrogens with one attached hydrogen (secondary N) is 1. The highest BCUT2D eigenvalue weighted by molar-refractivity contribution is 5.97. The number of nitrogens with zero attached hydrogens (tertiary/aromatic N) is 1. The predicted octanol–water partition coefficient (Wildman–Crippen LogP) is 2.88. The van der Waals surface area contributed by atoms with Crippen molar-refractivity contribution in [3.63, 3.8) is 0 Å². The minimum Gasteiger partial charge on any atom is -0.449 e. The first-order valence-electron chi connectivity index (χ1n) is 6.96. The molecule has 2 aromatic rings. The molecule has 1 N–H and O–H groups in total. The van der Waals surface area contributed by atoms with Crippen LogP contribution in [-0.2, 0) is 9.53 Å². The molecule has 0 aliphatic carbocycles. The number of anilines is 1. The van der Waals surface area contributed by atoms with E-state index in [1.165, 1.54) is 13.1 Å². The standard InChI is InChI=1S/C17H18N2O3/c1-11-6-7-12(2)15(9-11)19-16(20)13(3)22-17(21)14-5-4-8-18-10-14/h4-10,13H,1-3H3,(H,19,20). The third-order valence-electron chi connectivity index (χ3n) is 3.20. The molecule has 1 aromatic heterocycles. The van der Waals surface area contributed by atoms with E-state index in [0.29, 0.717) is 11.3 Å². The van der Waals surface area contributed by atoms with E-state index in [1.807, 2.05) is 32.0 Å². The summed E-state index contributed by atoms with van der Waals surface area (Å²) in [5.41, 5.74) is 3.02. The van der Waals surface area contributed by atoms with Gasteiger partial charge in [0.2, 0.25) is 0 Å². The number of benzene rings is 1. The fourth-order valence-corrected chi connectivity index (χ4v) is 1.87. The smallest absolute Gasteiger partial charge is 0.340 e. The fraction of sp³-hybridized carbons (Fsp3) is 0.235. The van der Waals surface area contributed by atoms with Crippen LogP contribution in [0.5, 0.6) is 0 Å². The molecule has 1 aromatic carbocycles. The highest BCUT2D eigenvalue weighted by atomic mass is 16.5. The molecule has 2 rings (SSSR count). The van der Waals surface area contributed by atoms with Gasteiger partial charge >= 0.3 is 5.97 Å². The molecular formula is C17H18N2O3. The van der Waals surface area contributed by atoms with Gasteiger partial charge in [-0.1, -0.05) is 12.1 Å². The molecule has 0 fully saturated rings. The molecule has 22 heavy (non-hydrogen) atoms. The Bertz CT molecular complexity index is 684. The van der Waals surface area contributed by atoms with Crippen LogP contribution in [-0.4, -0.2) is 23.0 Å². The van der Waals surface area contributed by atoms with Crippen molar-refractivity contribution in [3.8, 4) is 0 Å². The second kappa shape index (κ2) is 6.85. The predicted molar refractivity (Wildman–Crippen MR) is 83.7 cm³/mol. The maximum absolute atomic E-state index is 12.1. The number of ether oxygens (including phenoxy) is 1. The van der Waals surface area contributed by atoms with Crippen molar-refractivity contribution < 1.29 is 14.3 Å². The van der Waals surface area contributed by atoms with E-state index >= 15 is 0 Å². The third kappa shape index (κ3) is 3.91. The van der Waals surface area contributed by atoms with Crippen molar-refractivity contribution in [3.05, 3.63) is 59.4 Å². The summed E-state index contributed by atoms with van der Waals surface area (Å²) in [7, 11) is 0. The zero-order valence-electron chi connectivity index (χ0n) is 12.8. The molecule has 0 spiro atoms. The van der Waals surface area contributed by atoms with Crippen molar-refractivity contribution in [2.24, 2.45) is 0 Å². The summed E-state index contributed by atoms with van der Waals surface area (Å²) < 4.78 is 5.15. The SMILES string of the molecule is Cc1ccc(C)c(NC(=O)C(C)OC(=O)c2cccnc2)c1. The molecular weight excluding hydrogens is 280 g/mol. The second-order valence-corrected chi connectivity index (χ2v) is 5.10. The highest BCUT2D eigenvalue weighted by Crippen LogP contribution is 2.17. The van der Waals surface area contributed by atoms with Gasteiger partial charge in [-0.2, -0.15) is 0 Å². The Labute approximate surface area is 129 Å². The number of hydrogen-bond donors (Lipinski definition) is 1. The van der Waals surface area contributed by atoms with E-state index in [-0.39, 0.29) is 5.91 Å². The van der Waals surface area contributed by atoms with Gasteiger partial charge in [0, 0.05) is 18.1 Å². The molecule has 0 radical (unpaired) electrons. The van der Waals surface area contributed by atoms with Crippen LogP contribution in [0.25, 0.3) is 0 Å². The van der Waals surface area contributed by atoms with Crippen molar-refractivity contribution in [2.75, 3.05) is 5.32 Å². The maximum atomic E-state index is 12.1. The van der Waals surface area contributed by atoms with Crippen LogP contribution in [0.4, 0.5) is 5.69 Å². The summed E-state index contributed by atoms with van der Waals surface area (Å²) in [5, 5.41) is 2.78. The fourth-order valence-electron chi connectivity index (χ4n) is 1.87. The Morgan fingerprint density at radius 2 is 2.00 bits per heavy atom. The summed E-state index contributed by atoms with van der Waals surface area (Å²) in [6.45, 7) is 5.39. The number of carbonyl (C=O) groups excluding carboxylic acids is 2. The first kappa shape index (κ1) is 15.7. The molecule has 1 heterocycles. The molecule has 114 valence electrons. The van der Waals surface area contributed by atoms with Gasteiger partial charge in [-0.05, 0) is 50.1 Å². The molecule has 1 amide bonds. The molecule has 0 aliphatic rings. The normalized spacial score (nSPS) is 11.6. The second-order valence-electron chi connectivity index (χ2n) is 5.10. The summed E-state index contributed by atoms with van der Waals surface area (Å²) in [6.07, 6.45) is 2.07. The maximum Gasteiger partial charge on any atom is 0.340 e. The molecule has 0 bridgehead atoms. The van der Waals surface area contributed by atoms with Gasteiger partial charge in [-0.3, -0.25) is 9.78 Å². The lowest BCUT2D eigenvalue weighted by molar-refractivity contribution is -0.123.